The van der Waals surface area contributed by atoms with Crippen molar-refractivity contribution in [3.8, 4) is 23.0 Å². The Morgan fingerprint density at radius 1 is 0.638 bits per heavy atom. The SMILES string of the molecule is COc1ccc(CCO[C@@H]2O[C@H](CO)[C@@H](OC(=O)C=Cc3ccc(O)c(OC)c3)[C@H](O[C@@H]3O[C@H](CO)[C@@H](O)[C@H](O)[C@H]3O[C@@H]3O[C@H](CO)[C@@H](O)[C@H](O)[C@H]3O)[C@H]2O)cc1O. The first-order chi connectivity index (χ1) is 27.7. The third kappa shape index (κ3) is 10.3. The number of rotatable bonds is 16. The van der Waals surface area contributed by atoms with Crippen molar-refractivity contribution in [2.75, 3.05) is 40.6 Å². The molecule has 3 aliphatic heterocycles. The third-order valence-electron chi connectivity index (χ3n) is 9.83. The second-order valence-corrected chi connectivity index (χ2v) is 13.6. The van der Waals surface area contributed by atoms with Crippen LogP contribution in [-0.4, -0.2) is 195 Å². The Balaban J connectivity index is 1.43. The van der Waals surface area contributed by atoms with Gasteiger partial charge in [-0.2, -0.15) is 0 Å². The molecule has 3 saturated heterocycles. The van der Waals surface area contributed by atoms with Crippen molar-refractivity contribution in [3.63, 3.8) is 0 Å². The number of benzene rings is 2. The Hall–Kier alpha value is -3.75. The van der Waals surface area contributed by atoms with Crippen molar-refractivity contribution in [2.45, 2.75) is 98.5 Å². The molecule has 58 heavy (non-hydrogen) atoms. The highest BCUT2D eigenvalue weighted by atomic mass is 16.8. The normalized spacial score (nSPS) is 35.5. The minimum Gasteiger partial charge on any atom is -0.504 e. The summed E-state index contributed by atoms with van der Waals surface area (Å²) in [6, 6.07) is 8.86. The summed E-state index contributed by atoms with van der Waals surface area (Å²) in [5, 5.41) is 115. The van der Waals surface area contributed by atoms with Gasteiger partial charge in [-0.25, -0.2) is 4.79 Å². The van der Waals surface area contributed by atoms with Crippen molar-refractivity contribution < 1.29 is 104 Å². The summed E-state index contributed by atoms with van der Waals surface area (Å²) >= 11 is 0. The second-order valence-electron chi connectivity index (χ2n) is 13.6. The van der Waals surface area contributed by atoms with Gasteiger partial charge in [0.05, 0.1) is 40.6 Å². The summed E-state index contributed by atoms with van der Waals surface area (Å²) < 4.78 is 50.5. The minimum absolute atomic E-state index is 0.115. The van der Waals surface area contributed by atoms with Gasteiger partial charge in [0.25, 0.3) is 0 Å². The molecule has 11 N–H and O–H groups in total. The zero-order chi connectivity index (χ0) is 42.3. The van der Waals surface area contributed by atoms with Crippen LogP contribution >= 0.6 is 0 Å². The number of hydrogen-bond donors (Lipinski definition) is 11. The lowest BCUT2D eigenvalue weighted by Crippen LogP contribution is -2.67. The molecule has 0 aliphatic carbocycles. The average molecular weight is 831 g/mol. The number of phenolic OH excluding ortho intramolecular Hbond substituents is 2. The van der Waals surface area contributed by atoms with Gasteiger partial charge in [-0.05, 0) is 47.9 Å². The van der Waals surface area contributed by atoms with E-state index in [0.717, 1.165) is 6.08 Å². The molecular formula is C37H50O21. The fourth-order valence-corrected chi connectivity index (χ4v) is 6.60. The van der Waals surface area contributed by atoms with Gasteiger partial charge in [0.2, 0.25) is 0 Å². The van der Waals surface area contributed by atoms with E-state index in [-0.39, 0.29) is 36.0 Å². The van der Waals surface area contributed by atoms with Gasteiger partial charge in [0.1, 0.15) is 67.1 Å². The van der Waals surface area contributed by atoms with E-state index in [2.05, 4.69) is 0 Å². The Labute approximate surface area is 331 Å². The van der Waals surface area contributed by atoms with E-state index in [9.17, 15) is 61.0 Å². The molecule has 0 bridgehead atoms. The van der Waals surface area contributed by atoms with Crippen LogP contribution in [0.25, 0.3) is 6.08 Å². The Kier molecular flexibility index (Phi) is 16.0. The summed E-state index contributed by atoms with van der Waals surface area (Å²) in [7, 11) is 2.72. The van der Waals surface area contributed by atoms with Crippen molar-refractivity contribution in [2.24, 2.45) is 0 Å². The van der Waals surface area contributed by atoms with Gasteiger partial charge in [0.15, 0.2) is 48.0 Å². The number of ether oxygens (including phenoxy) is 9. The first-order valence-corrected chi connectivity index (χ1v) is 18.2. The molecule has 15 atom stereocenters. The van der Waals surface area contributed by atoms with Crippen LogP contribution in [0, 0.1) is 0 Å². The van der Waals surface area contributed by atoms with Gasteiger partial charge in [0, 0.05) is 6.08 Å². The van der Waals surface area contributed by atoms with Crippen LogP contribution in [0.15, 0.2) is 42.5 Å². The van der Waals surface area contributed by atoms with Crippen LogP contribution in [0.2, 0.25) is 0 Å². The standard InChI is InChI=1S/C37H50O21/c1-50-20-7-4-17(11-19(20)42)9-10-52-35-31(49)33(32(24(15-40)55-35)56-25(43)8-5-16-3-6-18(41)21(12-16)51-2)57-37-34(29(47)27(45)23(14-39)54-37)58-36-30(48)28(46)26(44)22(13-38)53-36/h3-8,11-12,22-24,26-42,44-49H,9-10,13-15H2,1-2H3/t22-,23-,24-,26-,27-,28+,29+,30-,31-,32-,33-,34-,35-,36+,37+/m1/s1. The summed E-state index contributed by atoms with van der Waals surface area (Å²) in [6.45, 7) is -2.68. The van der Waals surface area contributed by atoms with Crippen LogP contribution in [0.5, 0.6) is 23.0 Å². The molecule has 5 rings (SSSR count). The van der Waals surface area contributed by atoms with E-state index in [1.54, 1.807) is 6.07 Å². The molecule has 2 aromatic rings. The predicted octanol–water partition coefficient (Wildman–Crippen LogP) is -3.61. The van der Waals surface area contributed by atoms with Gasteiger partial charge in [-0.1, -0.05) is 12.1 Å². The molecule has 21 nitrogen and oxygen atoms in total. The smallest absolute Gasteiger partial charge is 0.331 e. The van der Waals surface area contributed by atoms with E-state index in [4.69, 9.17) is 42.6 Å². The first-order valence-electron chi connectivity index (χ1n) is 18.2. The molecule has 3 fully saturated rings. The van der Waals surface area contributed by atoms with E-state index >= 15 is 0 Å². The monoisotopic (exact) mass is 830 g/mol. The van der Waals surface area contributed by atoms with Gasteiger partial charge >= 0.3 is 5.97 Å². The quantitative estimate of drug-likeness (QED) is 0.0575. The maximum atomic E-state index is 13.3. The minimum atomic E-state index is -1.99. The van der Waals surface area contributed by atoms with Gasteiger partial charge in [-0.15, -0.1) is 0 Å². The fraction of sp³-hybridized carbons (Fsp3) is 0.595. The number of carbonyl (C=O) groups excluding carboxylic acids is 1. The summed E-state index contributed by atoms with van der Waals surface area (Å²) in [5.41, 5.74) is 1.01. The number of aliphatic hydroxyl groups is 9. The second kappa shape index (κ2) is 20.5. The molecule has 0 spiro atoms. The highest BCUT2D eigenvalue weighted by molar-refractivity contribution is 5.87. The van der Waals surface area contributed by atoms with E-state index in [0.29, 0.717) is 11.1 Å². The highest BCUT2D eigenvalue weighted by Gasteiger charge is 2.55. The lowest BCUT2D eigenvalue weighted by atomic mass is 9.96. The summed E-state index contributed by atoms with van der Waals surface area (Å²) in [5.74, 6) is -0.975. The van der Waals surface area contributed by atoms with Gasteiger partial charge < -0.3 is 98.8 Å². The highest BCUT2D eigenvalue weighted by Crippen LogP contribution is 2.35. The van der Waals surface area contributed by atoms with Crippen molar-refractivity contribution >= 4 is 12.0 Å². The van der Waals surface area contributed by atoms with Crippen LogP contribution in [0.4, 0.5) is 0 Å². The third-order valence-corrected chi connectivity index (χ3v) is 9.83. The molecule has 0 unspecified atom stereocenters. The number of methoxy groups -OCH3 is 2. The average Bonchev–Trinajstić information content (AvgIpc) is 3.22. The predicted molar refractivity (Wildman–Crippen MR) is 191 cm³/mol. The number of carbonyl (C=O) groups is 1. The van der Waals surface area contributed by atoms with E-state index in [1.807, 2.05) is 0 Å². The van der Waals surface area contributed by atoms with Crippen molar-refractivity contribution in [3.05, 3.63) is 53.6 Å². The Morgan fingerprint density at radius 2 is 1.26 bits per heavy atom. The zero-order valence-electron chi connectivity index (χ0n) is 31.3. The number of hydrogen-bond acceptors (Lipinski definition) is 21. The number of aromatic hydroxyl groups is 2. The zero-order valence-corrected chi connectivity index (χ0v) is 31.3. The Bertz CT molecular complexity index is 1660. The molecule has 0 aromatic heterocycles. The largest absolute Gasteiger partial charge is 0.504 e. The molecule has 2 aromatic carbocycles. The van der Waals surface area contributed by atoms with E-state index in [1.165, 1.54) is 50.6 Å². The van der Waals surface area contributed by atoms with Crippen molar-refractivity contribution in [1.29, 1.82) is 0 Å². The molecule has 324 valence electrons. The summed E-state index contributed by atoms with van der Waals surface area (Å²) in [4.78, 5) is 13.3. The lowest BCUT2D eigenvalue weighted by Gasteiger charge is -2.48. The molecule has 3 heterocycles. The maximum absolute atomic E-state index is 13.3. The van der Waals surface area contributed by atoms with Gasteiger partial charge in [-0.3, -0.25) is 0 Å². The van der Waals surface area contributed by atoms with Crippen LogP contribution in [-0.2, 0) is 44.4 Å². The van der Waals surface area contributed by atoms with Crippen LogP contribution < -0.4 is 9.47 Å². The summed E-state index contributed by atoms with van der Waals surface area (Å²) in [6.07, 6.45) is -24.1. The number of phenols is 2. The molecule has 0 amide bonds. The molecular weight excluding hydrogens is 780 g/mol. The molecule has 0 saturated carbocycles. The molecule has 21 heteroatoms. The molecule has 3 aliphatic rings. The lowest BCUT2D eigenvalue weighted by molar-refractivity contribution is -0.389. The van der Waals surface area contributed by atoms with Crippen LogP contribution in [0.3, 0.4) is 0 Å². The number of esters is 1. The van der Waals surface area contributed by atoms with E-state index < -0.39 is 118 Å². The maximum Gasteiger partial charge on any atom is 0.331 e. The first kappa shape index (κ1) is 45.3. The number of aliphatic hydroxyl groups excluding tert-OH is 9. The van der Waals surface area contributed by atoms with Crippen LogP contribution in [0.1, 0.15) is 11.1 Å². The topological polar surface area (TPSA) is 323 Å². The van der Waals surface area contributed by atoms with Crippen molar-refractivity contribution in [1.82, 2.24) is 0 Å². The molecule has 0 radical (unpaired) electrons. The fourth-order valence-electron chi connectivity index (χ4n) is 6.60. The Morgan fingerprint density at radius 3 is 1.90 bits per heavy atom.